The van der Waals surface area contributed by atoms with Crippen LogP contribution in [0.2, 0.25) is 0 Å². The normalized spacial score (nSPS) is 9.94. The zero-order valence-electron chi connectivity index (χ0n) is 9.25. The van der Waals surface area contributed by atoms with Crippen molar-refractivity contribution in [2.45, 2.75) is 19.7 Å². The molecule has 0 aliphatic rings. The van der Waals surface area contributed by atoms with Gasteiger partial charge >= 0.3 is 0 Å². The van der Waals surface area contributed by atoms with Crippen LogP contribution >= 0.6 is 24.0 Å². The number of imidazole rings is 1. The largest absolute Gasteiger partial charge is 0.342 e. The van der Waals surface area contributed by atoms with E-state index in [0.29, 0.717) is 5.88 Å². The molecule has 1 heterocycles. The number of benzene rings is 1. The van der Waals surface area contributed by atoms with E-state index in [1.165, 1.54) is 5.56 Å². The average molecular weight is 257 g/mol. The number of nitrogens with one attached hydrogen (secondary N) is 1. The topological polar surface area (TPSA) is 28.7 Å². The van der Waals surface area contributed by atoms with Crippen molar-refractivity contribution in [1.82, 2.24) is 9.97 Å². The summed E-state index contributed by atoms with van der Waals surface area (Å²) in [5, 5.41) is 0. The molecule has 0 aliphatic heterocycles. The van der Waals surface area contributed by atoms with Crippen LogP contribution in [-0.2, 0) is 5.88 Å². The van der Waals surface area contributed by atoms with Gasteiger partial charge in [0.2, 0.25) is 0 Å². The predicted octanol–water partition coefficient (Wildman–Crippen LogP) is 3.85. The highest BCUT2D eigenvalue weighted by Crippen LogP contribution is 2.19. The van der Waals surface area contributed by atoms with Gasteiger partial charge in [0.25, 0.3) is 0 Å². The first-order valence-electron chi connectivity index (χ1n) is 4.89. The van der Waals surface area contributed by atoms with Gasteiger partial charge in [-0.3, -0.25) is 0 Å². The van der Waals surface area contributed by atoms with Gasteiger partial charge in [-0.15, -0.1) is 24.0 Å². The van der Waals surface area contributed by atoms with Gasteiger partial charge in [0.15, 0.2) is 0 Å². The molecular weight excluding hydrogens is 243 g/mol. The molecular formula is C12H14Cl2N2. The summed E-state index contributed by atoms with van der Waals surface area (Å²) in [4.78, 5) is 7.70. The molecule has 2 nitrogen and oxygen atoms in total. The van der Waals surface area contributed by atoms with E-state index in [2.05, 4.69) is 29.0 Å². The van der Waals surface area contributed by atoms with E-state index in [9.17, 15) is 0 Å². The Balaban J connectivity index is 0.00000128. The van der Waals surface area contributed by atoms with E-state index in [1.807, 2.05) is 19.1 Å². The lowest BCUT2D eigenvalue weighted by atomic mass is 10.1. The number of aromatic nitrogens is 2. The van der Waals surface area contributed by atoms with Gasteiger partial charge in [-0.1, -0.05) is 23.8 Å². The standard InChI is InChI=1S/C12H13ClN2.ClH/c1-8-4-3-5-10(6-8)12-14-9(2)11(7-13)15-12;/h3-6H,7H2,1-2H3,(H,14,15);1H. The molecule has 0 bridgehead atoms. The minimum Gasteiger partial charge on any atom is -0.342 e. The van der Waals surface area contributed by atoms with E-state index in [0.717, 1.165) is 22.8 Å². The second-order valence-electron chi connectivity index (χ2n) is 3.66. The number of alkyl halides is 1. The molecule has 4 heteroatoms. The third-order valence-corrected chi connectivity index (χ3v) is 2.66. The van der Waals surface area contributed by atoms with Crippen molar-refractivity contribution in [1.29, 1.82) is 0 Å². The van der Waals surface area contributed by atoms with Gasteiger partial charge < -0.3 is 4.98 Å². The Morgan fingerprint density at radius 1 is 1.31 bits per heavy atom. The van der Waals surface area contributed by atoms with E-state index in [1.54, 1.807) is 0 Å². The summed E-state index contributed by atoms with van der Waals surface area (Å²) in [7, 11) is 0. The maximum atomic E-state index is 5.78. The van der Waals surface area contributed by atoms with Gasteiger partial charge in [-0.25, -0.2) is 4.98 Å². The van der Waals surface area contributed by atoms with Crippen molar-refractivity contribution in [2.75, 3.05) is 0 Å². The van der Waals surface area contributed by atoms with Crippen molar-refractivity contribution < 1.29 is 0 Å². The average Bonchev–Trinajstić information content (AvgIpc) is 2.60. The first-order valence-corrected chi connectivity index (χ1v) is 5.42. The molecule has 0 saturated carbocycles. The first-order chi connectivity index (χ1) is 7.20. The van der Waals surface area contributed by atoms with Crippen molar-refractivity contribution in [3.8, 4) is 11.4 Å². The summed E-state index contributed by atoms with van der Waals surface area (Å²) in [5.41, 5.74) is 4.30. The van der Waals surface area contributed by atoms with Gasteiger partial charge in [-0.05, 0) is 19.9 Å². The van der Waals surface area contributed by atoms with Crippen LogP contribution in [0.15, 0.2) is 24.3 Å². The maximum Gasteiger partial charge on any atom is 0.137 e. The lowest BCUT2D eigenvalue weighted by Gasteiger charge is -1.97. The van der Waals surface area contributed by atoms with E-state index < -0.39 is 0 Å². The zero-order chi connectivity index (χ0) is 10.8. The SMILES string of the molecule is Cc1cccc(-c2nc(CCl)c(C)[nH]2)c1.Cl. The Hall–Kier alpha value is -0.990. The molecule has 86 valence electrons. The highest BCUT2D eigenvalue weighted by Gasteiger charge is 2.06. The molecule has 0 atom stereocenters. The van der Waals surface area contributed by atoms with Crippen LogP contribution in [-0.4, -0.2) is 9.97 Å². The second-order valence-corrected chi connectivity index (χ2v) is 3.93. The van der Waals surface area contributed by atoms with Crippen LogP contribution in [0.5, 0.6) is 0 Å². The number of hydrogen-bond acceptors (Lipinski definition) is 1. The van der Waals surface area contributed by atoms with Gasteiger partial charge in [0.05, 0.1) is 11.6 Å². The summed E-state index contributed by atoms with van der Waals surface area (Å²) in [6.45, 7) is 4.06. The molecule has 0 saturated heterocycles. The quantitative estimate of drug-likeness (QED) is 0.813. The number of rotatable bonds is 2. The molecule has 1 N–H and O–H groups in total. The predicted molar refractivity (Wildman–Crippen MR) is 70.3 cm³/mol. The molecule has 2 rings (SSSR count). The molecule has 1 aromatic heterocycles. The van der Waals surface area contributed by atoms with Crippen LogP contribution in [0.25, 0.3) is 11.4 Å². The summed E-state index contributed by atoms with van der Waals surface area (Å²) >= 11 is 5.78. The molecule has 0 spiro atoms. The van der Waals surface area contributed by atoms with E-state index in [-0.39, 0.29) is 12.4 Å². The monoisotopic (exact) mass is 256 g/mol. The Labute approximate surface area is 106 Å². The fraction of sp³-hybridized carbons (Fsp3) is 0.250. The van der Waals surface area contributed by atoms with Crippen LogP contribution in [0.3, 0.4) is 0 Å². The highest BCUT2D eigenvalue weighted by atomic mass is 35.5. The third kappa shape index (κ3) is 2.57. The Kier molecular flexibility index (Phi) is 4.39. The van der Waals surface area contributed by atoms with E-state index >= 15 is 0 Å². The molecule has 1 aromatic carbocycles. The maximum absolute atomic E-state index is 5.78. The minimum atomic E-state index is 0. The first kappa shape index (κ1) is 13.1. The summed E-state index contributed by atoms with van der Waals surface area (Å²) < 4.78 is 0. The molecule has 0 radical (unpaired) electrons. The van der Waals surface area contributed by atoms with Gasteiger partial charge in [0, 0.05) is 11.3 Å². The second kappa shape index (κ2) is 5.37. The molecule has 16 heavy (non-hydrogen) atoms. The summed E-state index contributed by atoms with van der Waals surface area (Å²) in [6, 6.07) is 8.25. The number of H-pyrrole nitrogens is 1. The fourth-order valence-corrected chi connectivity index (χ4v) is 1.82. The number of nitrogens with zero attached hydrogens (tertiary/aromatic N) is 1. The van der Waals surface area contributed by atoms with Crippen LogP contribution in [0.4, 0.5) is 0 Å². The van der Waals surface area contributed by atoms with Crippen LogP contribution in [0, 0.1) is 13.8 Å². The molecule has 2 aromatic rings. The lowest BCUT2D eigenvalue weighted by molar-refractivity contribution is 1.18. The molecule has 0 fully saturated rings. The fourth-order valence-electron chi connectivity index (χ4n) is 1.56. The Morgan fingerprint density at radius 2 is 2.06 bits per heavy atom. The Morgan fingerprint density at radius 3 is 2.62 bits per heavy atom. The number of aryl methyl sites for hydroxylation is 2. The van der Waals surface area contributed by atoms with Crippen molar-refractivity contribution >= 4 is 24.0 Å². The van der Waals surface area contributed by atoms with Crippen LogP contribution in [0.1, 0.15) is 17.0 Å². The van der Waals surface area contributed by atoms with Crippen molar-refractivity contribution in [2.24, 2.45) is 0 Å². The van der Waals surface area contributed by atoms with Gasteiger partial charge in [0.1, 0.15) is 5.82 Å². The highest BCUT2D eigenvalue weighted by molar-refractivity contribution is 6.17. The molecule has 0 aliphatic carbocycles. The van der Waals surface area contributed by atoms with Crippen molar-refractivity contribution in [3.63, 3.8) is 0 Å². The Bertz CT molecular complexity index is 478. The van der Waals surface area contributed by atoms with Crippen molar-refractivity contribution in [3.05, 3.63) is 41.2 Å². The summed E-state index contributed by atoms with van der Waals surface area (Å²) in [6.07, 6.45) is 0. The number of hydrogen-bond donors (Lipinski definition) is 1. The smallest absolute Gasteiger partial charge is 0.137 e. The van der Waals surface area contributed by atoms with Gasteiger partial charge in [-0.2, -0.15) is 0 Å². The summed E-state index contributed by atoms with van der Waals surface area (Å²) in [5.74, 6) is 1.35. The molecule has 0 unspecified atom stereocenters. The zero-order valence-corrected chi connectivity index (χ0v) is 10.8. The van der Waals surface area contributed by atoms with Crippen LogP contribution < -0.4 is 0 Å². The minimum absolute atomic E-state index is 0. The van der Waals surface area contributed by atoms with E-state index in [4.69, 9.17) is 11.6 Å². The molecule has 0 amide bonds. The third-order valence-electron chi connectivity index (χ3n) is 2.40. The number of aromatic amines is 1. The lowest BCUT2D eigenvalue weighted by Crippen LogP contribution is -1.82. The number of halogens is 2.